The molecule has 9 heteroatoms. The zero-order valence-corrected chi connectivity index (χ0v) is 15.3. The molecule has 0 aliphatic carbocycles. The van der Waals surface area contributed by atoms with Crippen molar-refractivity contribution < 1.29 is 29.3 Å². The maximum absolute atomic E-state index is 12.3. The number of benzene rings is 2. The Morgan fingerprint density at radius 3 is 2.31 bits per heavy atom. The molecule has 148 valence electrons. The lowest BCUT2D eigenvalue weighted by Crippen LogP contribution is -2.30. The smallest absolute Gasteiger partial charge is 0.322 e. The molecule has 0 fully saturated rings. The van der Waals surface area contributed by atoms with Crippen molar-refractivity contribution >= 4 is 34.2 Å². The number of aromatic hydroxyl groups is 1. The zero-order chi connectivity index (χ0) is 21.0. The summed E-state index contributed by atoms with van der Waals surface area (Å²) >= 11 is 0. The van der Waals surface area contributed by atoms with Crippen LogP contribution >= 0.6 is 0 Å². The number of carbonyl (C=O) groups excluding carboxylic acids is 2. The van der Waals surface area contributed by atoms with Crippen LogP contribution in [0.3, 0.4) is 0 Å². The number of fused-ring (bicyclic) bond motifs is 1. The molecule has 0 saturated heterocycles. The summed E-state index contributed by atoms with van der Waals surface area (Å²) in [7, 11) is 0. The van der Waals surface area contributed by atoms with Crippen molar-refractivity contribution in [2.75, 3.05) is 11.9 Å². The van der Waals surface area contributed by atoms with E-state index in [9.17, 15) is 19.5 Å². The van der Waals surface area contributed by atoms with Crippen LogP contribution in [-0.4, -0.2) is 39.5 Å². The molecule has 1 heterocycles. The number of nitrogens with zero attached hydrogens (tertiary/aromatic N) is 1. The van der Waals surface area contributed by atoms with Gasteiger partial charge in [0.2, 0.25) is 11.8 Å². The van der Waals surface area contributed by atoms with Crippen LogP contribution in [0.25, 0.3) is 10.8 Å². The third-order valence-electron chi connectivity index (χ3n) is 3.85. The summed E-state index contributed by atoms with van der Waals surface area (Å²) in [5.41, 5.74) is 0.233. The third-order valence-corrected chi connectivity index (χ3v) is 3.85. The minimum atomic E-state index is -1.23. The zero-order valence-electron chi connectivity index (χ0n) is 15.3. The second kappa shape index (κ2) is 8.26. The van der Waals surface area contributed by atoms with E-state index in [0.717, 1.165) is 0 Å². The Balaban J connectivity index is 1.98. The summed E-state index contributed by atoms with van der Waals surface area (Å²) in [4.78, 5) is 38.2. The van der Waals surface area contributed by atoms with Gasteiger partial charge in [-0.05, 0) is 30.3 Å². The van der Waals surface area contributed by atoms with Gasteiger partial charge < -0.3 is 25.6 Å². The van der Waals surface area contributed by atoms with Crippen molar-refractivity contribution in [3.8, 4) is 17.4 Å². The number of amides is 2. The number of anilines is 1. The van der Waals surface area contributed by atoms with E-state index in [-0.39, 0.29) is 23.2 Å². The summed E-state index contributed by atoms with van der Waals surface area (Å²) in [6.45, 7) is 0.779. The Hall–Kier alpha value is -4.14. The van der Waals surface area contributed by atoms with Crippen molar-refractivity contribution in [3.63, 3.8) is 0 Å². The highest BCUT2D eigenvalue weighted by Gasteiger charge is 2.20. The molecule has 3 rings (SSSR count). The standard InChI is InChI=1S/C20H17N3O6/c1-11(24)22-12-6-8-13(9-7-12)29-20-15-5-3-2-4-14(15)18(27)17(23-20)19(28)21-10-16(25)26/h2-9,27H,10H2,1H3,(H,21,28)(H,22,24)(H,25,26). The molecule has 2 aromatic carbocycles. The highest BCUT2D eigenvalue weighted by atomic mass is 16.5. The van der Waals surface area contributed by atoms with Crippen LogP contribution in [-0.2, 0) is 9.59 Å². The van der Waals surface area contributed by atoms with Gasteiger partial charge in [-0.15, -0.1) is 0 Å². The van der Waals surface area contributed by atoms with Gasteiger partial charge in [0.05, 0.1) is 0 Å². The number of aliphatic carboxylic acids is 1. The van der Waals surface area contributed by atoms with E-state index in [1.54, 1.807) is 48.5 Å². The minimum Gasteiger partial charge on any atom is -0.505 e. The van der Waals surface area contributed by atoms with Crippen molar-refractivity contribution in [2.45, 2.75) is 6.92 Å². The molecule has 9 nitrogen and oxygen atoms in total. The van der Waals surface area contributed by atoms with Crippen LogP contribution in [0.1, 0.15) is 17.4 Å². The lowest BCUT2D eigenvalue weighted by atomic mass is 10.1. The number of nitrogens with one attached hydrogen (secondary N) is 2. The highest BCUT2D eigenvalue weighted by Crippen LogP contribution is 2.35. The molecule has 4 N–H and O–H groups in total. The molecule has 0 aliphatic rings. The minimum absolute atomic E-state index is 0.0613. The Morgan fingerprint density at radius 2 is 1.69 bits per heavy atom. The van der Waals surface area contributed by atoms with E-state index >= 15 is 0 Å². The van der Waals surface area contributed by atoms with Crippen LogP contribution in [0.2, 0.25) is 0 Å². The Bertz CT molecular complexity index is 1100. The summed E-state index contributed by atoms with van der Waals surface area (Å²) in [5.74, 6) is -2.21. The maximum Gasteiger partial charge on any atom is 0.322 e. The SMILES string of the molecule is CC(=O)Nc1ccc(Oc2nc(C(=O)NCC(=O)O)c(O)c3ccccc23)cc1. The van der Waals surface area contributed by atoms with Gasteiger partial charge in [-0.1, -0.05) is 18.2 Å². The van der Waals surface area contributed by atoms with Gasteiger partial charge in [0.1, 0.15) is 12.3 Å². The molecule has 1 aromatic heterocycles. The normalized spacial score (nSPS) is 10.4. The Morgan fingerprint density at radius 1 is 1.03 bits per heavy atom. The second-order valence-corrected chi connectivity index (χ2v) is 6.04. The number of pyridine rings is 1. The first-order valence-electron chi connectivity index (χ1n) is 8.52. The number of aromatic nitrogens is 1. The number of carbonyl (C=O) groups is 3. The van der Waals surface area contributed by atoms with E-state index in [2.05, 4.69) is 15.6 Å². The average Bonchev–Trinajstić information content (AvgIpc) is 2.69. The molecule has 0 unspecified atom stereocenters. The molecule has 3 aromatic rings. The predicted octanol–water partition coefficient (Wildman–Crippen LogP) is 2.51. The van der Waals surface area contributed by atoms with Crippen molar-refractivity contribution in [1.82, 2.24) is 10.3 Å². The van der Waals surface area contributed by atoms with Crippen LogP contribution < -0.4 is 15.4 Å². The molecule has 0 aliphatic heterocycles. The van der Waals surface area contributed by atoms with Gasteiger partial charge in [0.25, 0.3) is 5.91 Å². The summed E-state index contributed by atoms with van der Waals surface area (Å²) in [6, 6.07) is 13.2. The van der Waals surface area contributed by atoms with E-state index < -0.39 is 18.4 Å². The molecule has 0 bridgehead atoms. The number of carboxylic acid groups (broad SMARTS) is 1. The lowest BCUT2D eigenvalue weighted by molar-refractivity contribution is -0.135. The summed E-state index contributed by atoms with van der Waals surface area (Å²) in [5, 5.41) is 24.7. The Kier molecular flexibility index (Phi) is 5.59. The topological polar surface area (TPSA) is 138 Å². The highest BCUT2D eigenvalue weighted by molar-refractivity contribution is 6.04. The number of ether oxygens (including phenoxy) is 1. The largest absolute Gasteiger partial charge is 0.505 e. The van der Waals surface area contributed by atoms with E-state index in [4.69, 9.17) is 9.84 Å². The first-order valence-corrected chi connectivity index (χ1v) is 8.52. The summed E-state index contributed by atoms with van der Waals surface area (Å²) in [6.07, 6.45) is 0. The van der Waals surface area contributed by atoms with Crippen LogP contribution in [0.5, 0.6) is 17.4 Å². The number of hydrogen-bond donors (Lipinski definition) is 4. The maximum atomic E-state index is 12.3. The molecule has 0 atom stereocenters. The van der Waals surface area contributed by atoms with E-state index in [1.165, 1.54) is 6.92 Å². The fourth-order valence-electron chi connectivity index (χ4n) is 2.62. The van der Waals surface area contributed by atoms with Crippen LogP contribution in [0.15, 0.2) is 48.5 Å². The van der Waals surface area contributed by atoms with Gasteiger partial charge in [0.15, 0.2) is 11.4 Å². The Labute approximate surface area is 165 Å². The second-order valence-electron chi connectivity index (χ2n) is 6.04. The molecular formula is C20H17N3O6. The van der Waals surface area contributed by atoms with Crippen LogP contribution in [0, 0.1) is 0 Å². The lowest BCUT2D eigenvalue weighted by Gasteiger charge is -2.13. The fourth-order valence-corrected chi connectivity index (χ4v) is 2.62. The quantitative estimate of drug-likeness (QED) is 0.503. The van der Waals surface area contributed by atoms with Crippen molar-refractivity contribution in [3.05, 3.63) is 54.2 Å². The first-order chi connectivity index (χ1) is 13.8. The molecule has 0 saturated carbocycles. The van der Waals surface area contributed by atoms with Crippen molar-refractivity contribution in [1.29, 1.82) is 0 Å². The molecule has 0 spiro atoms. The van der Waals surface area contributed by atoms with Gasteiger partial charge in [0, 0.05) is 23.4 Å². The number of carboxylic acids is 1. The molecule has 29 heavy (non-hydrogen) atoms. The number of hydrogen-bond acceptors (Lipinski definition) is 6. The van der Waals surface area contributed by atoms with Gasteiger partial charge >= 0.3 is 5.97 Å². The fraction of sp³-hybridized carbons (Fsp3) is 0.100. The molecular weight excluding hydrogens is 378 g/mol. The third kappa shape index (κ3) is 4.59. The van der Waals surface area contributed by atoms with E-state index in [1.807, 2.05) is 0 Å². The first kappa shape index (κ1) is 19.6. The molecule has 2 amide bonds. The average molecular weight is 395 g/mol. The van der Waals surface area contributed by atoms with Gasteiger partial charge in [-0.2, -0.15) is 0 Å². The predicted molar refractivity (Wildman–Crippen MR) is 104 cm³/mol. The monoisotopic (exact) mass is 395 g/mol. The van der Waals surface area contributed by atoms with E-state index in [0.29, 0.717) is 22.2 Å². The van der Waals surface area contributed by atoms with Crippen LogP contribution in [0.4, 0.5) is 5.69 Å². The summed E-state index contributed by atoms with van der Waals surface area (Å²) < 4.78 is 5.79. The number of rotatable bonds is 6. The van der Waals surface area contributed by atoms with Gasteiger partial charge in [-0.25, -0.2) is 4.98 Å². The molecule has 0 radical (unpaired) electrons. The van der Waals surface area contributed by atoms with Crippen molar-refractivity contribution in [2.24, 2.45) is 0 Å². The van der Waals surface area contributed by atoms with Gasteiger partial charge in [-0.3, -0.25) is 14.4 Å².